The molecule has 0 aromatic heterocycles. The van der Waals surface area contributed by atoms with Crippen LogP contribution >= 0.6 is 0 Å². The molecule has 7 heteroatoms. The first kappa shape index (κ1) is 16.1. The number of carbonyl (C=O) groups is 1. The van der Waals surface area contributed by atoms with Crippen LogP contribution in [0.1, 0.15) is 32.6 Å². The molecule has 0 saturated carbocycles. The van der Waals surface area contributed by atoms with Crippen molar-refractivity contribution in [3.63, 3.8) is 0 Å². The molecule has 0 spiro atoms. The fourth-order valence-electron chi connectivity index (χ4n) is 2.22. The van der Waals surface area contributed by atoms with Gasteiger partial charge < -0.3 is 16.0 Å². The maximum absolute atomic E-state index is 12.7. The molecule has 1 aliphatic rings. The molecule has 1 aliphatic heterocycles. The number of nitrogens with one attached hydrogen (secondary N) is 1. The zero-order chi connectivity index (χ0) is 14.5. The van der Waals surface area contributed by atoms with E-state index in [9.17, 15) is 18.0 Å². The predicted molar refractivity (Wildman–Crippen MR) is 66.6 cm³/mol. The molecule has 0 aliphatic carbocycles. The SMILES string of the molecule is CCCCNC(=O)N1CCC(N)C(C(F)(F)F)CC1. The third-order valence-electron chi connectivity index (χ3n) is 3.47. The summed E-state index contributed by atoms with van der Waals surface area (Å²) in [6.07, 6.45) is -2.39. The first-order chi connectivity index (χ1) is 8.86. The molecule has 0 aromatic rings. The molecule has 1 fully saturated rings. The van der Waals surface area contributed by atoms with Crippen molar-refractivity contribution in [3.05, 3.63) is 0 Å². The highest BCUT2D eigenvalue weighted by molar-refractivity contribution is 5.74. The first-order valence-corrected chi connectivity index (χ1v) is 6.71. The van der Waals surface area contributed by atoms with Crippen LogP contribution in [0.3, 0.4) is 0 Å². The number of halogens is 3. The Balaban J connectivity index is 2.51. The van der Waals surface area contributed by atoms with E-state index in [4.69, 9.17) is 5.73 Å². The smallest absolute Gasteiger partial charge is 0.338 e. The molecule has 1 rings (SSSR count). The number of likely N-dealkylation sites (tertiary alicyclic amines) is 1. The molecule has 2 atom stereocenters. The lowest BCUT2D eigenvalue weighted by atomic mass is 9.95. The molecule has 19 heavy (non-hydrogen) atoms. The van der Waals surface area contributed by atoms with E-state index in [-0.39, 0.29) is 32.0 Å². The second-order valence-corrected chi connectivity index (χ2v) is 4.96. The highest BCUT2D eigenvalue weighted by Gasteiger charge is 2.44. The minimum atomic E-state index is -4.28. The van der Waals surface area contributed by atoms with Crippen LogP contribution in [-0.2, 0) is 0 Å². The van der Waals surface area contributed by atoms with Gasteiger partial charge in [0, 0.05) is 25.7 Å². The molecule has 1 heterocycles. The Bertz CT molecular complexity index is 296. The van der Waals surface area contributed by atoms with Gasteiger partial charge in [-0.3, -0.25) is 0 Å². The highest BCUT2D eigenvalue weighted by atomic mass is 19.4. The quantitative estimate of drug-likeness (QED) is 0.778. The van der Waals surface area contributed by atoms with Crippen molar-refractivity contribution in [3.8, 4) is 0 Å². The minimum absolute atomic E-state index is 0.107. The van der Waals surface area contributed by atoms with Crippen molar-refractivity contribution in [1.29, 1.82) is 0 Å². The number of urea groups is 1. The summed E-state index contributed by atoms with van der Waals surface area (Å²) in [6, 6.07) is -1.21. The third kappa shape index (κ3) is 4.89. The van der Waals surface area contributed by atoms with E-state index in [1.54, 1.807) is 0 Å². The summed E-state index contributed by atoms with van der Waals surface area (Å²) in [7, 11) is 0. The zero-order valence-electron chi connectivity index (χ0n) is 11.2. The van der Waals surface area contributed by atoms with Gasteiger partial charge in [-0.1, -0.05) is 13.3 Å². The summed E-state index contributed by atoms with van der Waals surface area (Å²) >= 11 is 0. The minimum Gasteiger partial charge on any atom is -0.338 e. The van der Waals surface area contributed by atoms with Crippen molar-refractivity contribution in [2.24, 2.45) is 11.7 Å². The number of carbonyl (C=O) groups excluding carboxylic acids is 1. The summed E-state index contributed by atoms with van der Waals surface area (Å²) in [5.41, 5.74) is 5.57. The van der Waals surface area contributed by atoms with Crippen molar-refractivity contribution in [2.75, 3.05) is 19.6 Å². The third-order valence-corrected chi connectivity index (χ3v) is 3.47. The van der Waals surface area contributed by atoms with E-state index in [0.29, 0.717) is 6.54 Å². The number of rotatable bonds is 3. The number of alkyl halides is 3. The molecular formula is C12H22F3N3O. The van der Waals surface area contributed by atoms with Crippen molar-refractivity contribution in [1.82, 2.24) is 10.2 Å². The summed E-state index contributed by atoms with van der Waals surface area (Å²) in [4.78, 5) is 13.2. The van der Waals surface area contributed by atoms with E-state index in [1.807, 2.05) is 6.92 Å². The number of unbranched alkanes of at least 4 members (excludes halogenated alkanes) is 1. The van der Waals surface area contributed by atoms with Gasteiger partial charge in [-0.05, 0) is 19.3 Å². The molecule has 4 nitrogen and oxygen atoms in total. The molecule has 2 amide bonds. The molecule has 0 bridgehead atoms. The van der Waals surface area contributed by atoms with Crippen LogP contribution in [-0.4, -0.2) is 42.8 Å². The van der Waals surface area contributed by atoms with E-state index in [0.717, 1.165) is 12.8 Å². The van der Waals surface area contributed by atoms with Crippen LogP contribution in [0, 0.1) is 5.92 Å². The normalized spacial score (nSPS) is 25.0. The lowest BCUT2D eigenvalue weighted by Crippen LogP contribution is -2.41. The van der Waals surface area contributed by atoms with Crippen LogP contribution in [0.15, 0.2) is 0 Å². The van der Waals surface area contributed by atoms with Gasteiger partial charge in [-0.2, -0.15) is 13.2 Å². The van der Waals surface area contributed by atoms with Crippen LogP contribution < -0.4 is 11.1 Å². The molecule has 2 unspecified atom stereocenters. The lowest BCUT2D eigenvalue weighted by Gasteiger charge is -2.23. The molecule has 112 valence electrons. The molecule has 1 saturated heterocycles. The first-order valence-electron chi connectivity index (χ1n) is 6.71. The average Bonchev–Trinajstić information content (AvgIpc) is 2.50. The monoisotopic (exact) mass is 281 g/mol. The van der Waals surface area contributed by atoms with E-state index in [2.05, 4.69) is 5.32 Å². The number of nitrogens with two attached hydrogens (primary N) is 1. The Morgan fingerprint density at radius 3 is 2.58 bits per heavy atom. The Hall–Kier alpha value is -0.980. The van der Waals surface area contributed by atoms with E-state index < -0.39 is 18.1 Å². The van der Waals surface area contributed by atoms with E-state index in [1.165, 1.54) is 4.90 Å². The van der Waals surface area contributed by atoms with Crippen LogP contribution in [0.25, 0.3) is 0 Å². The van der Waals surface area contributed by atoms with Crippen molar-refractivity contribution < 1.29 is 18.0 Å². The number of hydrogen-bond acceptors (Lipinski definition) is 2. The predicted octanol–water partition coefficient (Wildman–Crippen LogP) is 2.10. The largest absolute Gasteiger partial charge is 0.393 e. The van der Waals surface area contributed by atoms with Crippen molar-refractivity contribution >= 4 is 6.03 Å². The fraction of sp³-hybridized carbons (Fsp3) is 0.917. The number of amides is 2. The summed E-state index contributed by atoms with van der Waals surface area (Å²) in [5, 5.41) is 2.71. The van der Waals surface area contributed by atoms with Crippen LogP contribution in [0.4, 0.5) is 18.0 Å². The van der Waals surface area contributed by atoms with Gasteiger partial charge in [-0.15, -0.1) is 0 Å². The standard InChI is InChI=1S/C12H22F3N3O/c1-2-3-6-17-11(19)18-7-4-9(12(13,14)15)10(16)5-8-18/h9-10H,2-8,16H2,1H3,(H,17,19). The average molecular weight is 281 g/mol. The Morgan fingerprint density at radius 1 is 1.37 bits per heavy atom. The number of nitrogens with zero attached hydrogens (tertiary/aromatic N) is 1. The summed E-state index contributed by atoms with van der Waals surface area (Å²) < 4.78 is 38.2. The van der Waals surface area contributed by atoms with E-state index >= 15 is 0 Å². The molecule has 0 radical (unpaired) electrons. The Kier molecular flexibility index (Phi) is 5.90. The Morgan fingerprint density at radius 2 is 2.00 bits per heavy atom. The second-order valence-electron chi connectivity index (χ2n) is 4.96. The number of hydrogen-bond donors (Lipinski definition) is 2. The topological polar surface area (TPSA) is 58.4 Å². The highest BCUT2D eigenvalue weighted by Crippen LogP contribution is 2.33. The van der Waals surface area contributed by atoms with Gasteiger partial charge in [0.15, 0.2) is 0 Å². The van der Waals surface area contributed by atoms with Crippen LogP contribution in [0.5, 0.6) is 0 Å². The second kappa shape index (κ2) is 6.98. The maximum Gasteiger partial charge on any atom is 0.393 e. The van der Waals surface area contributed by atoms with Crippen LogP contribution in [0.2, 0.25) is 0 Å². The van der Waals surface area contributed by atoms with Gasteiger partial charge in [-0.25, -0.2) is 4.79 Å². The lowest BCUT2D eigenvalue weighted by molar-refractivity contribution is -0.180. The van der Waals surface area contributed by atoms with Gasteiger partial charge in [0.05, 0.1) is 5.92 Å². The summed E-state index contributed by atoms with van der Waals surface area (Å²) in [6.45, 7) is 2.95. The fourth-order valence-corrected chi connectivity index (χ4v) is 2.22. The van der Waals surface area contributed by atoms with Gasteiger partial charge >= 0.3 is 12.2 Å². The molecular weight excluding hydrogens is 259 g/mol. The van der Waals surface area contributed by atoms with Crippen molar-refractivity contribution in [2.45, 2.75) is 44.8 Å². The zero-order valence-corrected chi connectivity index (χ0v) is 11.2. The van der Waals surface area contributed by atoms with Gasteiger partial charge in [0.2, 0.25) is 0 Å². The Labute approximate surface area is 111 Å². The van der Waals surface area contributed by atoms with Gasteiger partial charge in [0.25, 0.3) is 0 Å². The molecule has 0 aromatic carbocycles. The maximum atomic E-state index is 12.7. The van der Waals surface area contributed by atoms with Gasteiger partial charge in [0.1, 0.15) is 0 Å². The summed E-state index contributed by atoms with van der Waals surface area (Å²) in [5.74, 6) is -1.51. The molecule has 3 N–H and O–H groups in total.